The smallest absolute Gasteiger partial charge is 0.273 e. The number of amides is 3. The number of imide groups is 1. The minimum atomic E-state index is -0.572. The van der Waals surface area contributed by atoms with Gasteiger partial charge in [0.2, 0.25) is 0 Å². The highest BCUT2D eigenvalue weighted by Gasteiger charge is 2.68. The Balaban J connectivity index is 1.37. The minimum absolute atomic E-state index is 0.0388. The van der Waals surface area contributed by atoms with Gasteiger partial charge in [-0.25, -0.2) is 5.01 Å². The fraction of sp³-hybridized carbons (Fsp3) is 0.333. The Kier molecular flexibility index (Phi) is 4.42. The number of rotatable bonds is 5. The first kappa shape index (κ1) is 19.9. The normalized spacial score (nSPS) is 31.5. The molecule has 3 fully saturated rings. The average Bonchev–Trinajstić information content (AvgIpc) is 3.36. The van der Waals surface area contributed by atoms with E-state index in [1.807, 2.05) is 0 Å². The number of nitrogens with zero attached hydrogens (tertiary/aromatic N) is 2. The molecule has 2 aromatic rings. The van der Waals surface area contributed by atoms with Gasteiger partial charge >= 0.3 is 0 Å². The van der Waals surface area contributed by atoms with Crippen LogP contribution in [0.4, 0.5) is 0 Å². The minimum Gasteiger partial charge on any atom is -0.291 e. The van der Waals surface area contributed by atoms with Gasteiger partial charge in [-0.3, -0.25) is 19.2 Å². The molecule has 8 heteroatoms. The fourth-order valence-electron chi connectivity index (χ4n) is 5.81. The van der Waals surface area contributed by atoms with Crippen molar-refractivity contribution in [2.24, 2.45) is 35.5 Å². The van der Waals surface area contributed by atoms with Gasteiger partial charge in [0.1, 0.15) is 6.54 Å². The summed E-state index contributed by atoms with van der Waals surface area (Å²) in [5.74, 6) is -1.53. The van der Waals surface area contributed by atoms with Gasteiger partial charge in [-0.1, -0.05) is 29.8 Å². The number of carbonyl (C=O) groups excluding carboxylic acids is 4. The standard InChI is InChI=1S/C24H19ClN2O4S/c25-13-5-3-12(4-6-13)22(29)26(11-18(28)19-2-1-9-32-19)27-23(30)20-14-7-8-15(17-10-16(14)17)21(20)24(27)31/h1-9,14-17,20-21H,10-11H2/t14-,15+,16-,17-,20-,21+/m0/s1. The molecule has 32 heavy (non-hydrogen) atoms. The summed E-state index contributed by atoms with van der Waals surface area (Å²) in [4.78, 5) is 54.0. The van der Waals surface area contributed by atoms with Crippen molar-refractivity contribution < 1.29 is 19.2 Å². The third-order valence-electron chi connectivity index (χ3n) is 7.30. The molecule has 162 valence electrons. The van der Waals surface area contributed by atoms with Crippen molar-refractivity contribution >= 4 is 46.4 Å². The summed E-state index contributed by atoms with van der Waals surface area (Å²) in [7, 11) is 0. The van der Waals surface area contributed by atoms with Crippen molar-refractivity contribution in [1.82, 2.24) is 10.0 Å². The van der Waals surface area contributed by atoms with Crippen molar-refractivity contribution in [1.29, 1.82) is 0 Å². The topological polar surface area (TPSA) is 74.8 Å². The highest BCUT2D eigenvalue weighted by atomic mass is 35.5. The number of hydrogen-bond acceptors (Lipinski definition) is 5. The summed E-state index contributed by atoms with van der Waals surface area (Å²) in [6, 6.07) is 9.62. The Morgan fingerprint density at radius 2 is 1.62 bits per heavy atom. The molecule has 3 amide bonds. The lowest BCUT2D eigenvalue weighted by atomic mass is 9.63. The Labute approximate surface area is 193 Å². The predicted molar refractivity (Wildman–Crippen MR) is 118 cm³/mol. The second kappa shape index (κ2) is 7.12. The Hall–Kier alpha value is -2.77. The van der Waals surface area contributed by atoms with Gasteiger partial charge in [0.15, 0.2) is 5.78 Å². The zero-order valence-corrected chi connectivity index (χ0v) is 18.5. The molecule has 1 aromatic carbocycles. The van der Waals surface area contributed by atoms with Crippen LogP contribution in [-0.4, -0.2) is 40.1 Å². The average molecular weight is 467 g/mol. The summed E-state index contributed by atoms with van der Waals surface area (Å²) in [6.07, 6.45) is 5.22. The van der Waals surface area contributed by atoms with Crippen LogP contribution < -0.4 is 0 Å². The van der Waals surface area contributed by atoms with Crippen molar-refractivity contribution in [3.8, 4) is 0 Å². The van der Waals surface area contributed by atoms with E-state index in [-0.39, 0.29) is 41.5 Å². The molecule has 0 spiro atoms. The Bertz CT molecular complexity index is 1140. The van der Waals surface area contributed by atoms with Crippen LogP contribution in [-0.2, 0) is 9.59 Å². The monoisotopic (exact) mass is 466 g/mol. The number of ketones is 1. The van der Waals surface area contributed by atoms with E-state index in [1.165, 1.54) is 23.5 Å². The lowest BCUT2D eigenvalue weighted by Crippen LogP contribution is -2.52. The maximum absolute atomic E-state index is 13.6. The number of Topliss-reactive ketones (excluding diaryl/α,β-unsaturated/α-hetero) is 1. The molecule has 4 aliphatic carbocycles. The van der Waals surface area contributed by atoms with Gasteiger partial charge in [-0.2, -0.15) is 5.01 Å². The highest BCUT2D eigenvalue weighted by molar-refractivity contribution is 7.12. The summed E-state index contributed by atoms with van der Waals surface area (Å²) in [5.41, 5.74) is 0.257. The van der Waals surface area contributed by atoms with E-state index >= 15 is 0 Å². The zero-order chi connectivity index (χ0) is 22.1. The number of hydrogen-bond donors (Lipinski definition) is 0. The lowest BCUT2D eigenvalue weighted by molar-refractivity contribution is -0.154. The van der Waals surface area contributed by atoms with Crippen molar-refractivity contribution in [3.63, 3.8) is 0 Å². The van der Waals surface area contributed by atoms with Crippen LogP contribution in [0.25, 0.3) is 0 Å². The van der Waals surface area contributed by atoms with E-state index in [2.05, 4.69) is 12.2 Å². The third kappa shape index (κ3) is 2.84. The van der Waals surface area contributed by atoms with Crippen molar-refractivity contribution in [2.45, 2.75) is 6.42 Å². The quantitative estimate of drug-likeness (QED) is 0.382. The first-order valence-electron chi connectivity index (χ1n) is 10.7. The molecule has 7 rings (SSSR count). The largest absolute Gasteiger partial charge is 0.291 e. The molecule has 0 N–H and O–H groups in total. The Morgan fingerprint density at radius 1 is 1.00 bits per heavy atom. The maximum atomic E-state index is 13.6. The van der Waals surface area contributed by atoms with Crippen LogP contribution in [0.2, 0.25) is 5.02 Å². The zero-order valence-electron chi connectivity index (χ0n) is 16.9. The first-order chi connectivity index (χ1) is 15.5. The van der Waals surface area contributed by atoms with Gasteiger partial charge in [0.05, 0.1) is 16.7 Å². The Morgan fingerprint density at radius 3 is 2.19 bits per heavy atom. The number of halogens is 1. The number of thiophene rings is 1. The van der Waals surface area contributed by atoms with Crippen LogP contribution >= 0.6 is 22.9 Å². The number of carbonyl (C=O) groups is 4. The molecule has 2 saturated carbocycles. The van der Waals surface area contributed by atoms with Gasteiger partial charge < -0.3 is 0 Å². The lowest BCUT2D eigenvalue weighted by Gasteiger charge is -2.37. The van der Waals surface area contributed by atoms with Crippen molar-refractivity contribution in [3.05, 3.63) is 69.4 Å². The summed E-state index contributed by atoms with van der Waals surface area (Å²) < 4.78 is 0. The van der Waals surface area contributed by atoms with Crippen LogP contribution in [0.5, 0.6) is 0 Å². The molecule has 2 heterocycles. The van der Waals surface area contributed by atoms with Gasteiger partial charge in [-0.15, -0.1) is 11.3 Å². The number of hydrazine groups is 1. The highest BCUT2D eigenvalue weighted by Crippen LogP contribution is 2.65. The van der Waals surface area contributed by atoms with E-state index in [9.17, 15) is 19.2 Å². The summed E-state index contributed by atoms with van der Waals surface area (Å²) >= 11 is 7.22. The number of allylic oxidation sites excluding steroid dienone is 2. The molecule has 6 nitrogen and oxygen atoms in total. The van der Waals surface area contributed by atoms with Crippen molar-refractivity contribution in [2.75, 3.05) is 6.54 Å². The first-order valence-corrected chi connectivity index (χ1v) is 11.9. The predicted octanol–water partition coefficient (Wildman–Crippen LogP) is 3.69. The van der Waals surface area contributed by atoms with Gasteiger partial charge in [-0.05, 0) is 65.8 Å². The number of benzene rings is 1. The molecule has 0 unspecified atom stereocenters. The second-order valence-electron chi connectivity index (χ2n) is 8.91. The molecule has 5 aliphatic rings. The molecule has 6 atom stereocenters. The van der Waals surface area contributed by atoms with Crippen LogP contribution in [0.1, 0.15) is 26.5 Å². The molecule has 0 radical (unpaired) electrons. The van der Waals surface area contributed by atoms with Crippen LogP contribution in [0.3, 0.4) is 0 Å². The van der Waals surface area contributed by atoms with Gasteiger partial charge in [0, 0.05) is 10.6 Å². The molecule has 1 saturated heterocycles. The van der Waals surface area contributed by atoms with Gasteiger partial charge in [0.25, 0.3) is 17.7 Å². The van der Waals surface area contributed by atoms with E-state index in [0.29, 0.717) is 21.7 Å². The van der Waals surface area contributed by atoms with E-state index in [0.717, 1.165) is 16.4 Å². The SMILES string of the molecule is O=C(CN(C(=O)c1ccc(Cl)cc1)N1C(=O)[C@@H]2[C@@H]3C=C[C@@H]([C@@H]4C[C@@H]34)[C@@H]2C1=O)c1cccs1. The third-order valence-corrected chi connectivity index (χ3v) is 8.46. The molecule has 1 aliphatic heterocycles. The summed E-state index contributed by atoms with van der Waals surface area (Å²) in [6.45, 7) is -0.380. The molecular weight excluding hydrogens is 448 g/mol. The molecule has 2 bridgehead atoms. The van der Waals surface area contributed by atoms with E-state index in [4.69, 9.17) is 11.6 Å². The van der Waals surface area contributed by atoms with Crippen LogP contribution in [0.15, 0.2) is 53.9 Å². The fourth-order valence-corrected chi connectivity index (χ4v) is 6.59. The van der Waals surface area contributed by atoms with E-state index in [1.54, 1.807) is 29.6 Å². The second-order valence-corrected chi connectivity index (χ2v) is 10.3. The summed E-state index contributed by atoms with van der Waals surface area (Å²) in [5, 5.41) is 4.24. The molecule has 1 aromatic heterocycles. The van der Waals surface area contributed by atoms with Crippen LogP contribution in [0, 0.1) is 35.5 Å². The maximum Gasteiger partial charge on any atom is 0.273 e. The molecular formula is C24H19ClN2O4S. The van der Waals surface area contributed by atoms with E-state index < -0.39 is 17.7 Å².